The van der Waals surface area contributed by atoms with Crippen molar-refractivity contribution in [3.8, 4) is 39.4 Å². The molecule has 0 saturated carbocycles. The van der Waals surface area contributed by atoms with Crippen LogP contribution >= 0.6 is 0 Å². The molecule has 0 aliphatic carbocycles. The van der Waals surface area contributed by atoms with Crippen LogP contribution in [0.1, 0.15) is 17.5 Å². The van der Waals surface area contributed by atoms with Gasteiger partial charge < -0.3 is 4.74 Å². The van der Waals surface area contributed by atoms with Crippen LogP contribution in [0.15, 0.2) is 85.7 Å². The molecule has 0 aliphatic rings. The largest absolute Gasteiger partial charge is 0.432 e. The van der Waals surface area contributed by atoms with E-state index in [1.54, 1.807) is 18.5 Å². The van der Waals surface area contributed by atoms with Crippen molar-refractivity contribution in [1.82, 2.24) is 9.97 Å². The second-order valence-electron chi connectivity index (χ2n) is 9.77. The number of hydrogen-bond donors (Lipinski definition) is 0. The Morgan fingerprint density at radius 3 is 1.71 bits per heavy atom. The predicted octanol–water partition coefficient (Wildman–Crippen LogP) is 9.70. The molecule has 0 bridgehead atoms. The molecule has 0 fully saturated rings. The number of rotatable bonds is 9. The first-order chi connectivity index (χ1) is 21.4. The van der Waals surface area contributed by atoms with Crippen LogP contribution in [-0.4, -0.2) is 9.97 Å². The fraction of sp³-hybridized carbons (Fsp3) is 0.0909. The van der Waals surface area contributed by atoms with E-state index in [0.29, 0.717) is 24.1 Å². The van der Waals surface area contributed by atoms with Gasteiger partial charge in [-0.3, -0.25) is 0 Å². The lowest BCUT2D eigenvalue weighted by molar-refractivity contribution is -0.189. The van der Waals surface area contributed by atoms with E-state index in [1.807, 2.05) is 0 Å². The van der Waals surface area contributed by atoms with Gasteiger partial charge in [-0.25, -0.2) is 40.7 Å². The molecule has 0 saturated heterocycles. The van der Waals surface area contributed by atoms with Crippen molar-refractivity contribution in [1.29, 1.82) is 0 Å². The first-order valence-corrected chi connectivity index (χ1v) is 13.1. The van der Waals surface area contributed by atoms with Gasteiger partial charge in [0.2, 0.25) is 0 Å². The SMILES string of the molecule is C=CCCc1cnc(-c2ccc(-c3ccc(-c4cc(F)c(C(F)(F)Oc5cc(F)c(F)c(F)c5)c(F)c4)c(F)c3)c(F)c2)nc1. The quantitative estimate of drug-likeness (QED) is 0.0924. The van der Waals surface area contributed by atoms with Gasteiger partial charge in [-0.05, 0) is 53.8 Å². The van der Waals surface area contributed by atoms with Gasteiger partial charge in [0.25, 0.3) is 0 Å². The Balaban J connectivity index is 1.39. The summed E-state index contributed by atoms with van der Waals surface area (Å²) >= 11 is 0. The van der Waals surface area contributed by atoms with Gasteiger partial charge >= 0.3 is 6.11 Å². The van der Waals surface area contributed by atoms with E-state index >= 15 is 8.78 Å². The van der Waals surface area contributed by atoms with Crippen LogP contribution in [0.4, 0.5) is 39.5 Å². The Kier molecular flexibility index (Phi) is 8.67. The molecule has 0 aliphatic heterocycles. The summed E-state index contributed by atoms with van der Waals surface area (Å²) in [5.41, 5.74) is -1.53. The number of allylic oxidation sites excluding steroid dienone is 1. The molecule has 12 heteroatoms. The molecule has 0 spiro atoms. The molecule has 5 aromatic rings. The van der Waals surface area contributed by atoms with Gasteiger partial charge in [0.05, 0.1) is 0 Å². The fourth-order valence-corrected chi connectivity index (χ4v) is 4.50. The highest BCUT2D eigenvalue weighted by Gasteiger charge is 2.41. The summed E-state index contributed by atoms with van der Waals surface area (Å²) in [6.45, 7) is 3.65. The van der Waals surface area contributed by atoms with Gasteiger partial charge in [0.15, 0.2) is 23.3 Å². The zero-order valence-corrected chi connectivity index (χ0v) is 22.8. The number of aromatic nitrogens is 2. The van der Waals surface area contributed by atoms with Crippen LogP contribution in [0.3, 0.4) is 0 Å². The van der Waals surface area contributed by atoms with E-state index in [-0.39, 0.29) is 29.1 Å². The van der Waals surface area contributed by atoms with Crippen LogP contribution in [0.25, 0.3) is 33.6 Å². The third-order valence-corrected chi connectivity index (χ3v) is 6.70. The van der Waals surface area contributed by atoms with E-state index in [9.17, 15) is 30.7 Å². The van der Waals surface area contributed by atoms with E-state index in [4.69, 9.17) is 0 Å². The first kappa shape index (κ1) is 31.3. The second kappa shape index (κ2) is 12.5. The van der Waals surface area contributed by atoms with Crippen molar-refractivity contribution in [2.45, 2.75) is 19.0 Å². The van der Waals surface area contributed by atoms with Crippen molar-refractivity contribution in [3.63, 3.8) is 0 Å². The van der Waals surface area contributed by atoms with Crippen molar-refractivity contribution < 1.29 is 44.3 Å². The van der Waals surface area contributed by atoms with Gasteiger partial charge in [-0.1, -0.05) is 30.3 Å². The summed E-state index contributed by atoms with van der Waals surface area (Å²) in [6.07, 6.45) is 1.62. The van der Waals surface area contributed by atoms with E-state index in [0.717, 1.165) is 24.1 Å². The molecule has 1 heterocycles. The fourth-order valence-electron chi connectivity index (χ4n) is 4.50. The van der Waals surface area contributed by atoms with Gasteiger partial charge in [0.1, 0.15) is 34.6 Å². The Bertz CT molecular complexity index is 1860. The molecule has 1 aromatic heterocycles. The van der Waals surface area contributed by atoms with Crippen molar-refractivity contribution >= 4 is 0 Å². The van der Waals surface area contributed by atoms with Crippen LogP contribution in [0.5, 0.6) is 5.75 Å². The average molecular weight is 631 g/mol. The van der Waals surface area contributed by atoms with Crippen molar-refractivity contribution in [2.75, 3.05) is 0 Å². The zero-order valence-electron chi connectivity index (χ0n) is 22.8. The Hall–Kier alpha value is -5.13. The molecule has 0 radical (unpaired) electrons. The first-order valence-electron chi connectivity index (χ1n) is 13.1. The molecule has 5 rings (SSSR count). The monoisotopic (exact) mass is 630 g/mol. The number of nitrogens with zero attached hydrogens (tertiary/aromatic N) is 2. The molecule has 3 nitrogen and oxygen atoms in total. The molecule has 0 N–H and O–H groups in total. The topological polar surface area (TPSA) is 35.0 Å². The minimum Gasteiger partial charge on any atom is -0.429 e. The lowest BCUT2D eigenvalue weighted by Gasteiger charge is -2.20. The summed E-state index contributed by atoms with van der Waals surface area (Å²) in [6, 6.07) is 8.26. The third kappa shape index (κ3) is 6.54. The molecule has 0 amide bonds. The smallest absolute Gasteiger partial charge is 0.429 e. The standard InChI is InChI=1S/C33H19F9N2O/c1-2-3-4-17-15-43-32(44-16-17)19-6-8-22(25(35)10-19)18-5-7-23(24(34)9-18)20-11-26(36)30(27(37)12-20)33(41,42)45-21-13-28(38)31(40)29(39)14-21/h2,5-16H,1,3-4H2. The Morgan fingerprint density at radius 1 is 0.644 bits per heavy atom. The lowest BCUT2D eigenvalue weighted by Crippen LogP contribution is -2.25. The van der Waals surface area contributed by atoms with E-state index in [2.05, 4.69) is 21.3 Å². The minimum atomic E-state index is -4.81. The van der Waals surface area contributed by atoms with Gasteiger partial charge in [0, 0.05) is 41.2 Å². The van der Waals surface area contributed by atoms with Gasteiger partial charge in [-0.2, -0.15) is 8.78 Å². The molecular formula is C33H19F9N2O. The predicted molar refractivity (Wildman–Crippen MR) is 148 cm³/mol. The maximum absolute atomic E-state index is 15.1. The number of halogens is 9. The van der Waals surface area contributed by atoms with Crippen molar-refractivity contribution in [3.05, 3.63) is 138 Å². The lowest BCUT2D eigenvalue weighted by atomic mass is 9.97. The average Bonchev–Trinajstić information content (AvgIpc) is 2.98. The molecule has 0 atom stereocenters. The van der Waals surface area contributed by atoms with Crippen LogP contribution in [0.2, 0.25) is 0 Å². The maximum Gasteiger partial charge on any atom is 0.432 e. The van der Waals surface area contributed by atoms with Gasteiger partial charge in [-0.15, -0.1) is 6.58 Å². The molecular weight excluding hydrogens is 611 g/mol. The minimum absolute atomic E-state index is 0.00929. The number of alkyl halides is 2. The van der Waals surface area contributed by atoms with Crippen LogP contribution in [0, 0.1) is 40.7 Å². The summed E-state index contributed by atoms with van der Waals surface area (Å²) in [7, 11) is 0. The Labute approximate surface area is 250 Å². The molecule has 45 heavy (non-hydrogen) atoms. The summed E-state index contributed by atoms with van der Waals surface area (Å²) in [5, 5.41) is 0. The highest BCUT2D eigenvalue weighted by atomic mass is 19.3. The second-order valence-corrected chi connectivity index (χ2v) is 9.77. The summed E-state index contributed by atoms with van der Waals surface area (Å²) < 4.78 is 133. The maximum atomic E-state index is 15.1. The highest BCUT2D eigenvalue weighted by Crippen LogP contribution is 2.38. The third-order valence-electron chi connectivity index (χ3n) is 6.70. The molecule has 4 aromatic carbocycles. The van der Waals surface area contributed by atoms with Crippen LogP contribution < -0.4 is 4.74 Å². The number of aryl methyl sites for hydroxylation is 1. The number of hydrogen-bond acceptors (Lipinski definition) is 3. The van der Waals surface area contributed by atoms with E-state index < -0.39 is 69.3 Å². The summed E-state index contributed by atoms with van der Waals surface area (Å²) in [4.78, 5) is 8.48. The normalized spacial score (nSPS) is 11.5. The zero-order chi connectivity index (χ0) is 32.5. The van der Waals surface area contributed by atoms with Crippen LogP contribution in [-0.2, 0) is 12.5 Å². The van der Waals surface area contributed by atoms with E-state index in [1.165, 1.54) is 24.3 Å². The highest BCUT2D eigenvalue weighted by molar-refractivity contribution is 5.73. The van der Waals surface area contributed by atoms with Crippen molar-refractivity contribution in [2.24, 2.45) is 0 Å². The number of benzene rings is 4. The molecule has 230 valence electrons. The Morgan fingerprint density at radius 2 is 1.16 bits per heavy atom. The summed E-state index contributed by atoms with van der Waals surface area (Å²) in [5.74, 6) is -12.2. The number of ether oxygens (including phenoxy) is 1. The molecule has 0 unspecified atom stereocenters.